The maximum atomic E-state index is 13.4. The molecule has 0 spiro atoms. The van der Waals surface area contributed by atoms with Crippen LogP contribution in [-0.2, 0) is 21.5 Å². The Labute approximate surface area is 211 Å². The molecule has 0 aliphatic heterocycles. The van der Waals surface area contributed by atoms with Crippen molar-refractivity contribution in [2.24, 2.45) is 0 Å². The maximum Gasteiger partial charge on any atom is 0.254 e. The zero-order chi connectivity index (χ0) is 26.3. The van der Waals surface area contributed by atoms with Crippen LogP contribution in [0.3, 0.4) is 0 Å². The molecule has 6 nitrogen and oxygen atoms in total. The third-order valence-corrected chi connectivity index (χ3v) is 5.69. The van der Waals surface area contributed by atoms with Gasteiger partial charge in [0.25, 0.3) is 5.91 Å². The molecule has 0 heterocycles. The number of anilines is 1. The number of hydrogen-bond donors (Lipinski definition) is 2. The second-order valence-corrected chi connectivity index (χ2v) is 9.81. The monoisotopic (exact) mass is 489 g/mol. The van der Waals surface area contributed by atoms with Gasteiger partial charge in [0.1, 0.15) is 12.4 Å². The van der Waals surface area contributed by atoms with Crippen LogP contribution in [0.25, 0.3) is 0 Å². The number of hydrogen-bond acceptors (Lipinski definition) is 3. The largest absolute Gasteiger partial charge is 0.345 e. The number of rotatable bonds is 8. The van der Waals surface area contributed by atoms with E-state index in [9.17, 15) is 18.8 Å². The van der Waals surface area contributed by atoms with Gasteiger partial charge in [-0.1, -0.05) is 62.7 Å². The van der Waals surface area contributed by atoms with Crippen LogP contribution < -0.4 is 10.6 Å². The normalized spacial score (nSPS) is 11.0. The van der Waals surface area contributed by atoms with Gasteiger partial charge in [-0.25, -0.2) is 4.39 Å². The van der Waals surface area contributed by atoms with E-state index in [1.165, 1.54) is 17.0 Å². The SMILES string of the molecule is Cc1ccc(NC(=O)CNC(=O)CN(Cc2ccc(F)cc2)C(=O)c2ccc(C(C)(C)C)cc2)cc1. The van der Waals surface area contributed by atoms with Gasteiger partial charge in [0.15, 0.2) is 0 Å². The lowest BCUT2D eigenvalue weighted by molar-refractivity contribution is -0.124. The van der Waals surface area contributed by atoms with E-state index in [0.717, 1.165) is 11.1 Å². The van der Waals surface area contributed by atoms with Crippen LogP contribution in [0.15, 0.2) is 72.8 Å². The molecule has 3 aromatic carbocycles. The fourth-order valence-corrected chi connectivity index (χ4v) is 3.56. The Morgan fingerprint density at radius 3 is 2.03 bits per heavy atom. The van der Waals surface area contributed by atoms with Crippen molar-refractivity contribution in [3.63, 3.8) is 0 Å². The van der Waals surface area contributed by atoms with Crippen molar-refractivity contribution < 1.29 is 18.8 Å². The molecule has 0 fully saturated rings. The minimum Gasteiger partial charge on any atom is -0.345 e. The Kier molecular flexibility index (Phi) is 8.59. The first-order valence-electron chi connectivity index (χ1n) is 11.8. The molecule has 0 saturated heterocycles. The van der Waals surface area contributed by atoms with E-state index >= 15 is 0 Å². The molecule has 36 heavy (non-hydrogen) atoms. The molecule has 0 atom stereocenters. The Morgan fingerprint density at radius 2 is 1.44 bits per heavy atom. The zero-order valence-corrected chi connectivity index (χ0v) is 21.1. The topological polar surface area (TPSA) is 78.5 Å². The Balaban J connectivity index is 1.68. The molecule has 0 aromatic heterocycles. The molecule has 7 heteroatoms. The predicted molar refractivity (Wildman–Crippen MR) is 139 cm³/mol. The fraction of sp³-hybridized carbons (Fsp3) is 0.276. The standard InChI is InChI=1S/C29H32FN3O3/c1-20-5-15-25(16-6-20)32-26(34)17-31-27(35)19-33(18-21-7-13-24(30)14-8-21)28(36)22-9-11-23(12-10-22)29(2,3)4/h5-16H,17-19H2,1-4H3,(H,31,35)(H,32,34). The van der Waals surface area contributed by atoms with E-state index in [0.29, 0.717) is 16.8 Å². The minimum atomic E-state index is -0.476. The lowest BCUT2D eigenvalue weighted by Gasteiger charge is -2.24. The van der Waals surface area contributed by atoms with Crippen LogP contribution in [0.1, 0.15) is 47.8 Å². The molecule has 0 aliphatic carbocycles. The number of halogens is 1. The van der Waals surface area contributed by atoms with Gasteiger partial charge < -0.3 is 15.5 Å². The molecular weight excluding hydrogens is 457 g/mol. The molecule has 0 radical (unpaired) electrons. The highest BCUT2D eigenvalue weighted by Gasteiger charge is 2.21. The Bertz CT molecular complexity index is 1200. The Hall–Kier alpha value is -4.00. The van der Waals surface area contributed by atoms with Crippen molar-refractivity contribution in [1.82, 2.24) is 10.2 Å². The van der Waals surface area contributed by atoms with E-state index in [1.807, 2.05) is 31.2 Å². The lowest BCUT2D eigenvalue weighted by atomic mass is 9.86. The molecule has 0 bridgehead atoms. The molecule has 3 aromatic rings. The summed E-state index contributed by atoms with van der Waals surface area (Å²) in [5.74, 6) is -1.57. The van der Waals surface area contributed by atoms with Crippen molar-refractivity contribution in [1.29, 1.82) is 0 Å². The highest BCUT2D eigenvalue weighted by Crippen LogP contribution is 2.23. The molecule has 3 amide bonds. The summed E-state index contributed by atoms with van der Waals surface area (Å²) < 4.78 is 13.4. The summed E-state index contributed by atoms with van der Waals surface area (Å²) in [5, 5.41) is 5.29. The average Bonchev–Trinajstić information content (AvgIpc) is 2.84. The third kappa shape index (κ3) is 7.77. The van der Waals surface area contributed by atoms with E-state index in [1.54, 1.807) is 36.4 Å². The zero-order valence-electron chi connectivity index (χ0n) is 21.1. The highest BCUT2D eigenvalue weighted by molar-refractivity contribution is 5.98. The van der Waals surface area contributed by atoms with Gasteiger partial charge >= 0.3 is 0 Å². The van der Waals surface area contributed by atoms with Gasteiger partial charge in [0.2, 0.25) is 11.8 Å². The molecular formula is C29H32FN3O3. The number of benzene rings is 3. The van der Waals surface area contributed by atoms with Crippen LogP contribution in [-0.4, -0.2) is 35.7 Å². The van der Waals surface area contributed by atoms with Gasteiger partial charge in [-0.2, -0.15) is 0 Å². The van der Waals surface area contributed by atoms with Crippen molar-refractivity contribution in [2.45, 2.75) is 39.7 Å². The summed E-state index contributed by atoms with van der Waals surface area (Å²) in [4.78, 5) is 39.6. The van der Waals surface area contributed by atoms with Gasteiger partial charge in [-0.05, 0) is 59.9 Å². The minimum absolute atomic E-state index is 0.0611. The van der Waals surface area contributed by atoms with Gasteiger partial charge in [-0.15, -0.1) is 0 Å². The number of aryl methyl sites for hydroxylation is 1. The maximum absolute atomic E-state index is 13.4. The fourth-order valence-electron chi connectivity index (χ4n) is 3.56. The number of amides is 3. The third-order valence-electron chi connectivity index (χ3n) is 5.69. The average molecular weight is 490 g/mol. The molecule has 188 valence electrons. The van der Waals surface area contributed by atoms with Crippen LogP contribution >= 0.6 is 0 Å². The van der Waals surface area contributed by atoms with E-state index in [4.69, 9.17) is 0 Å². The molecule has 0 saturated carbocycles. The quantitative estimate of drug-likeness (QED) is 0.476. The summed E-state index contributed by atoms with van der Waals surface area (Å²) in [6.07, 6.45) is 0. The van der Waals surface area contributed by atoms with E-state index < -0.39 is 5.91 Å². The number of carbonyl (C=O) groups is 3. The first-order chi connectivity index (χ1) is 17.0. The summed E-state index contributed by atoms with van der Waals surface area (Å²) in [6, 6.07) is 20.4. The van der Waals surface area contributed by atoms with Gasteiger partial charge in [0.05, 0.1) is 6.54 Å². The second-order valence-electron chi connectivity index (χ2n) is 9.81. The summed E-state index contributed by atoms with van der Waals surface area (Å²) in [7, 11) is 0. The number of nitrogens with one attached hydrogen (secondary N) is 2. The van der Waals surface area contributed by atoms with Crippen molar-refractivity contribution in [2.75, 3.05) is 18.4 Å². The van der Waals surface area contributed by atoms with Crippen LogP contribution in [0.2, 0.25) is 0 Å². The van der Waals surface area contributed by atoms with E-state index in [2.05, 4.69) is 31.4 Å². The summed E-state index contributed by atoms with van der Waals surface area (Å²) in [6.45, 7) is 7.84. The number of carbonyl (C=O) groups excluding carboxylic acids is 3. The van der Waals surface area contributed by atoms with Crippen LogP contribution in [0.4, 0.5) is 10.1 Å². The smallest absolute Gasteiger partial charge is 0.254 e. The van der Waals surface area contributed by atoms with Crippen molar-refractivity contribution >= 4 is 23.4 Å². The molecule has 3 rings (SSSR count). The molecule has 0 unspecified atom stereocenters. The first-order valence-corrected chi connectivity index (χ1v) is 11.8. The number of nitrogens with zero attached hydrogens (tertiary/aromatic N) is 1. The Morgan fingerprint density at radius 1 is 0.833 bits per heavy atom. The summed E-state index contributed by atoms with van der Waals surface area (Å²) >= 11 is 0. The lowest BCUT2D eigenvalue weighted by Crippen LogP contribution is -2.42. The van der Waals surface area contributed by atoms with E-state index in [-0.39, 0.29) is 42.7 Å². The molecule has 0 aliphatic rings. The van der Waals surface area contributed by atoms with Crippen LogP contribution in [0, 0.1) is 12.7 Å². The highest BCUT2D eigenvalue weighted by atomic mass is 19.1. The molecule has 2 N–H and O–H groups in total. The van der Waals surface area contributed by atoms with Crippen LogP contribution in [0.5, 0.6) is 0 Å². The first kappa shape index (κ1) is 26.6. The predicted octanol–water partition coefficient (Wildman–Crippen LogP) is 4.83. The van der Waals surface area contributed by atoms with Crippen molar-refractivity contribution in [3.8, 4) is 0 Å². The second kappa shape index (κ2) is 11.6. The summed E-state index contributed by atoms with van der Waals surface area (Å²) in [5.41, 5.74) is 3.85. The van der Waals surface area contributed by atoms with Gasteiger partial charge in [0, 0.05) is 17.8 Å². The van der Waals surface area contributed by atoms with Gasteiger partial charge in [-0.3, -0.25) is 14.4 Å². The van der Waals surface area contributed by atoms with Crippen molar-refractivity contribution in [3.05, 3.63) is 101 Å².